The van der Waals surface area contributed by atoms with Crippen LogP contribution in [0.4, 0.5) is 0 Å². The van der Waals surface area contributed by atoms with E-state index in [-0.39, 0.29) is 11.3 Å². The molecule has 5 heteroatoms. The van der Waals surface area contributed by atoms with Crippen LogP contribution in [0.25, 0.3) is 11.1 Å². The van der Waals surface area contributed by atoms with Gasteiger partial charge in [-0.3, -0.25) is 4.79 Å². The van der Waals surface area contributed by atoms with E-state index >= 15 is 0 Å². The van der Waals surface area contributed by atoms with E-state index in [9.17, 15) is 14.7 Å². The van der Waals surface area contributed by atoms with Gasteiger partial charge in [0.05, 0.1) is 11.0 Å². The Morgan fingerprint density at radius 2 is 1.65 bits per heavy atom. The summed E-state index contributed by atoms with van der Waals surface area (Å²) in [7, 11) is 0. The summed E-state index contributed by atoms with van der Waals surface area (Å²) in [6, 6.07) is 11.2. The zero-order valence-electron chi connectivity index (χ0n) is 10.6. The van der Waals surface area contributed by atoms with Crippen molar-refractivity contribution in [1.82, 2.24) is 0 Å². The molecule has 0 saturated heterocycles. The fourth-order valence-corrected chi connectivity index (χ4v) is 1.94. The zero-order valence-corrected chi connectivity index (χ0v) is 11.3. The first-order valence-corrected chi connectivity index (χ1v) is 6.15. The molecule has 0 fully saturated rings. The number of carboxylic acid groups (broad SMARTS) is 1. The molecule has 0 unspecified atom stereocenters. The third-order valence-corrected chi connectivity index (χ3v) is 2.93. The van der Waals surface area contributed by atoms with Gasteiger partial charge in [-0.05, 0) is 28.8 Å². The topological polar surface area (TPSA) is 66.4 Å². The fourth-order valence-electron chi connectivity index (χ4n) is 1.72. The third kappa shape index (κ3) is 3.16. The summed E-state index contributed by atoms with van der Waals surface area (Å²) < 4.78 is 4.93. The van der Waals surface area contributed by atoms with Gasteiger partial charge in [0.25, 0.3) is 0 Å². The Kier molecular flexibility index (Phi) is 4.05. The molecular weight excluding hydrogens is 280 g/mol. The van der Waals surface area contributed by atoms with Crippen LogP contribution in [-0.4, -0.2) is 11.9 Å². The molecule has 0 aliphatic rings. The molecule has 102 valence electrons. The lowest BCUT2D eigenvalue weighted by atomic mass is 10.0. The molecule has 0 atom stereocenters. The van der Waals surface area contributed by atoms with E-state index in [2.05, 4.69) is 0 Å². The Bertz CT molecular complexity index is 662. The largest absolute Gasteiger partial charge is 0.545 e. The Morgan fingerprint density at radius 3 is 2.15 bits per heavy atom. The van der Waals surface area contributed by atoms with Crippen LogP contribution < -0.4 is 9.84 Å². The molecule has 0 radical (unpaired) electrons. The van der Waals surface area contributed by atoms with Gasteiger partial charge in [-0.2, -0.15) is 0 Å². The third-order valence-electron chi connectivity index (χ3n) is 2.64. The molecule has 20 heavy (non-hydrogen) atoms. The number of benzene rings is 2. The average molecular weight is 290 g/mol. The number of ether oxygens (including phenoxy) is 1. The number of carboxylic acids is 1. The van der Waals surface area contributed by atoms with Gasteiger partial charge in [0.1, 0.15) is 5.75 Å². The molecule has 0 aromatic heterocycles. The van der Waals surface area contributed by atoms with Gasteiger partial charge in [0.15, 0.2) is 0 Å². The lowest BCUT2D eigenvalue weighted by molar-refractivity contribution is -0.255. The van der Waals surface area contributed by atoms with Gasteiger partial charge in [-0.1, -0.05) is 41.9 Å². The Balaban J connectivity index is 2.31. The molecule has 0 spiro atoms. The van der Waals surface area contributed by atoms with Crippen molar-refractivity contribution in [2.24, 2.45) is 0 Å². The predicted octanol–water partition coefficient (Wildman–Crippen LogP) is 2.30. The van der Waals surface area contributed by atoms with Gasteiger partial charge in [-0.15, -0.1) is 0 Å². The molecule has 2 aromatic rings. The van der Waals surface area contributed by atoms with E-state index in [0.717, 1.165) is 11.1 Å². The highest BCUT2D eigenvalue weighted by atomic mass is 35.5. The lowest BCUT2D eigenvalue weighted by Gasteiger charge is -2.08. The minimum Gasteiger partial charge on any atom is -0.545 e. The molecule has 0 heterocycles. The van der Waals surface area contributed by atoms with Crippen LogP contribution in [0.2, 0.25) is 5.02 Å². The highest BCUT2D eigenvalue weighted by molar-refractivity contribution is 6.32. The first-order chi connectivity index (χ1) is 9.47. The number of carbonyl (C=O) groups excluding carboxylic acids is 2. The molecule has 2 aromatic carbocycles. The quantitative estimate of drug-likeness (QED) is 0.642. The molecule has 0 N–H and O–H groups in total. The van der Waals surface area contributed by atoms with E-state index in [1.165, 1.54) is 19.1 Å². The first-order valence-electron chi connectivity index (χ1n) is 5.77. The standard InChI is InChI=1S/C15H11ClO4/c1-9(17)20-14-7-6-12(8-13(14)16)10-2-4-11(5-3-10)15(18)19/h2-8H,1H3,(H,18,19)/p-1. The van der Waals surface area contributed by atoms with Gasteiger partial charge in [0.2, 0.25) is 0 Å². The summed E-state index contributed by atoms with van der Waals surface area (Å²) in [5.41, 5.74) is 1.69. The van der Waals surface area contributed by atoms with E-state index in [1.807, 2.05) is 0 Å². The monoisotopic (exact) mass is 289 g/mol. The van der Waals surface area contributed by atoms with Crippen molar-refractivity contribution >= 4 is 23.5 Å². The van der Waals surface area contributed by atoms with Crippen LogP contribution in [0.3, 0.4) is 0 Å². The van der Waals surface area contributed by atoms with Gasteiger partial charge >= 0.3 is 5.97 Å². The first kappa shape index (κ1) is 14.1. The number of hydrogen-bond donors (Lipinski definition) is 0. The van der Waals surface area contributed by atoms with E-state index in [1.54, 1.807) is 30.3 Å². The fraction of sp³-hybridized carbons (Fsp3) is 0.0667. The molecule has 0 bridgehead atoms. The number of halogens is 1. The van der Waals surface area contributed by atoms with Gasteiger partial charge in [0, 0.05) is 6.92 Å². The second-order valence-electron chi connectivity index (χ2n) is 4.10. The summed E-state index contributed by atoms with van der Waals surface area (Å²) in [5.74, 6) is -1.38. The number of carbonyl (C=O) groups is 2. The summed E-state index contributed by atoms with van der Waals surface area (Å²) >= 11 is 6.02. The zero-order chi connectivity index (χ0) is 14.7. The van der Waals surface area contributed by atoms with Crippen LogP contribution in [0.15, 0.2) is 42.5 Å². The van der Waals surface area contributed by atoms with Crippen molar-refractivity contribution in [1.29, 1.82) is 0 Å². The summed E-state index contributed by atoms with van der Waals surface area (Å²) in [6.45, 7) is 1.29. The van der Waals surface area contributed by atoms with E-state index < -0.39 is 11.9 Å². The molecule has 0 aliphatic heterocycles. The van der Waals surface area contributed by atoms with Crippen LogP contribution in [-0.2, 0) is 4.79 Å². The average Bonchev–Trinajstić information content (AvgIpc) is 2.41. The summed E-state index contributed by atoms with van der Waals surface area (Å²) in [4.78, 5) is 21.5. The molecule has 4 nitrogen and oxygen atoms in total. The van der Waals surface area contributed by atoms with Crippen molar-refractivity contribution in [2.75, 3.05) is 0 Å². The van der Waals surface area contributed by atoms with Crippen molar-refractivity contribution in [2.45, 2.75) is 6.92 Å². The maximum Gasteiger partial charge on any atom is 0.308 e. The van der Waals surface area contributed by atoms with Crippen LogP contribution in [0.5, 0.6) is 5.75 Å². The minimum atomic E-state index is -1.22. The molecule has 2 rings (SSSR count). The second kappa shape index (κ2) is 5.75. The predicted molar refractivity (Wildman–Crippen MR) is 72.5 cm³/mol. The molecular formula is C15H10ClO4-. The normalized spacial score (nSPS) is 10.1. The van der Waals surface area contributed by atoms with Crippen molar-refractivity contribution in [3.8, 4) is 16.9 Å². The Hall–Kier alpha value is -2.33. The van der Waals surface area contributed by atoms with Crippen LogP contribution in [0, 0.1) is 0 Å². The van der Waals surface area contributed by atoms with Gasteiger partial charge < -0.3 is 14.6 Å². The SMILES string of the molecule is CC(=O)Oc1ccc(-c2ccc(C(=O)[O-])cc2)cc1Cl. The van der Waals surface area contributed by atoms with Crippen LogP contribution >= 0.6 is 11.6 Å². The van der Waals surface area contributed by atoms with Gasteiger partial charge in [-0.25, -0.2) is 0 Å². The van der Waals surface area contributed by atoms with Crippen molar-refractivity contribution in [3.05, 3.63) is 53.1 Å². The minimum absolute atomic E-state index is 0.108. The molecule has 0 aliphatic carbocycles. The van der Waals surface area contributed by atoms with Crippen molar-refractivity contribution in [3.63, 3.8) is 0 Å². The number of esters is 1. The van der Waals surface area contributed by atoms with E-state index in [0.29, 0.717) is 5.02 Å². The van der Waals surface area contributed by atoms with Crippen LogP contribution in [0.1, 0.15) is 17.3 Å². The summed E-state index contributed by atoms with van der Waals surface area (Å²) in [5, 5.41) is 11.0. The maximum atomic E-state index is 10.9. The Labute approximate surface area is 120 Å². The number of hydrogen-bond acceptors (Lipinski definition) is 4. The molecule has 0 amide bonds. The second-order valence-corrected chi connectivity index (χ2v) is 4.51. The number of rotatable bonds is 3. The smallest absolute Gasteiger partial charge is 0.308 e. The maximum absolute atomic E-state index is 10.9. The molecule has 0 saturated carbocycles. The highest BCUT2D eigenvalue weighted by Gasteiger charge is 2.07. The van der Waals surface area contributed by atoms with Crippen molar-refractivity contribution < 1.29 is 19.4 Å². The summed E-state index contributed by atoms with van der Waals surface area (Å²) in [6.07, 6.45) is 0. The number of aromatic carboxylic acids is 1. The Morgan fingerprint density at radius 1 is 1.05 bits per heavy atom. The van der Waals surface area contributed by atoms with E-state index in [4.69, 9.17) is 16.3 Å². The lowest BCUT2D eigenvalue weighted by Crippen LogP contribution is -2.21. The highest BCUT2D eigenvalue weighted by Crippen LogP contribution is 2.30.